The second-order valence-electron chi connectivity index (χ2n) is 7.58. The number of anilines is 2. The van der Waals surface area contributed by atoms with Crippen molar-refractivity contribution in [2.24, 2.45) is 0 Å². The number of methoxy groups -OCH3 is 1. The molecule has 0 saturated carbocycles. The molecule has 0 radical (unpaired) electrons. The first-order valence-electron chi connectivity index (χ1n) is 10.1. The fraction of sp³-hybridized carbons (Fsp3) is 0.167. The Bertz CT molecular complexity index is 1460. The number of fused-ring (bicyclic) bond motifs is 1. The molecule has 0 aliphatic heterocycles. The van der Waals surface area contributed by atoms with Crippen LogP contribution in [0.4, 0.5) is 11.4 Å². The van der Waals surface area contributed by atoms with Crippen LogP contribution in [0.15, 0.2) is 59.5 Å². The summed E-state index contributed by atoms with van der Waals surface area (Å²) in [6.07, 6.45) is 0. The Balaban J connectivity index is 1.68. The molecule has 2 N–H and O–H groups in total. The van der Waals surface area contributed by atoms with E-state index in [-0.39, 0.29) is 16.6 Å². The van der Waals surface area contributed by atoms with Crippen LogP contribution in [0.5, 0.6) is 5.75 Å². The van der Waals surface area contributed by atoms with Gasteiger partial charge < -0.3 is 10.1 Å². The van der Waals surface area contributed by atoms with Crippen LogP contribution in [0.3, 0.4) is 0 Å². The Morgan fingerprint density at radius 3 is 2.39 bits per heavy atom. The number of benzene rings is 3. The van der Waals surface area contributed by atoms with Gasteiger partial charge in [0.1, 0.15) is 10.6 Å². The van der Waals surface area contributed by atoms with Gasteiger partial charge in [-0.25, -0.2) is 13.4 Å². The van der Waals surface area contributed by atoms with Crippen LogP contribution in [0.2, 0.25) is 0 Å². The smallest absolute Gasteiger partial charge is 0.265 e. The molecule has 1 heterocycles. The monoisotopic (exact) mass is 481 g/mol. The molecule has 9 heteroatoms. The van der Waals surface area contributed by atoms with E-state index in [1.807, 2.05) is 45.0 Å². The van der Waals surface area contributed by atoms with Gasteiger partial charge in [0.25, 0.3) is 15.9 Å². The maximum Gasteiger partial charge on any atom is 0.265 e. The van der Waals surface area contributed by atoms with Crippen molar-refractivity contribution in [2.45, 2.75) is 25.7 Å². The topological polar surface area (TPSA) is 97.4 Å². The van der Waals surface area contributed by atoms with E-state index in [0.717, 1.165) is 26.4 Å². The number of ether oxygens (including phenoxy) is 1. The highest BCUT2D eigenvalue weighted by molar-refractivity contribution is 7.92. The number of hydrogen-bond donors (Lipinski definition) is 2. The molecule has 0 saturated heterocycles. The third-order valence-corrected chi connectivity index (χ3v) is 7.59. The van der Waals surface area contributed by atoms with Crippen molar-refractivity contribution in [3.05, 3.63) is 76.3 Å². The largest absolute Gasteiger partial charge is 0.495 e. The zero-order chi connectivity index (χ0) is 23.8. The van der Waals surface area contributed by atoms with Gasteiger partial charge in [0.05, 0.1) is 33.6 Å². The van der Waals surface area contributed by atoms with E-state index in [0.29, 0.717) is 16.9 Å². The molecular formula is C24H23N3O4S2. The predicted octanol–water partition coefficient (Wildman–Crippen LogP) is 5.28. The average Bonchev–Trinajstić information content (AvgIpc) is 3.16. The first-order valence-corrected chi connectivity index (χ1v) is 12.4. The molecule has 0 unspecified atom stereocenters. The molecule has 4 aromatic rings. The molecule has 3 aromatic carbocycles. The molecule has 0 spiro atoms. The van der Waals surface area contributed by atoms with Gasteiger partial charge in [-0.1, -0.05) is 24.3 Å². The fourth-order valence-corrected chi connectivity index (χ4v) is 5.89. The number of nitrogens with zero attached hydrogens (tertiary/aromatic N) is 1. The number of amides is 1. The number of para-hydroxylation sites is 1. The van der Waals surface area contributed by atoms with Gasteiger partial charge in [-0.15, -0.1) is 11.3 Å². The van der Waals surface area contributed by atoms with Crippen LogP contribution in [-0.4, -0.2) is 26.4 Å². The van der Waals surface area contributed by atoms with Gasteiger partial charge >= 0.3 is 0 Å². The fourth-order valence-electron chi connectivity index (χ4n) is 3.57. The Hall–Kier alpha value is -3.43. The van der Waals surface area contributed by atoms with Crippen LogP contribution >= 0.6 is 11.3 Å². The Morgan fingerprint density at radius 1 is 1.00 bits per heavy atom. The summed E-state index contributed by atoms with van der Waals surface area (Å²) >= 11 is 1.44. The minimum Gasteiger partial charge on any atom is -0.495 e. The van der Waals surface area contributed by atoms with E-state index in [4.69, 9.17) is 4.74 Å². The third-order valence-electron chi connectivity index (χ3n) is 5.20. The number of sulfonamides is 1. The number of hydrogen-bond acceptors (Lipinski definition) is 6. The average molecular weight is 482 g/mol. The summed E-state index contributed by atoms with van der Waals surface area (Å²) in [7, 11) is -2.59. The van der Waals surface area contributed by atoms with Gasteiger partial charge in [-0.3, -0.25) is 9.52 Å². The zero-order valence-corrected chi connectivity index (χ0v) is 20.2. The molecule has 0 fully saturated rings. The lowest BCUT2D eigenvalue weighted by Crippen LogP contribution is -2.17. The Morgan fingerprint density at radius 2 is 1.70 bits per heavy atom. The lowest BCUT2D eigenvalue weighted by atomic mass is 10.1. The van der Waals surface area contributed by atoms with Crippen molar-refractivity contribution >= 4 is 48.9 Å². The van der Waals surface area contributed by atoms with Gasteiger partial charge in [-0.2, -0.15) is 0 Å². The van der Waals surface area contributed by atoms with Crippen LogP contribution in [-0.2, 0) is 10.0 Å². The summed E-state index contributed by atoms with van der Waals surface area (Å²) in [5, 5.41) is 3.66. The molecule has 33 heavy (non-hydrogen) atoms. The molecule has 0 aliphatic rings. The molecule has 4 rings (SSSR count). The summed E-state index contributed by atoms with van der Waals surface area (Å²) in [6, 6.07) is 15.4. The molecule has 1 amide bonds. The van der Waals surface area contributed by atoms with Crippen LogP contribution in [0.25, 0.3) is 10.2 Å². The zero-order valence-electron chi connectivity index (χ0n) is 18.6. The summed E-state index contributed by atoms with van der Waals surface area (Å²) in [4.78, 5) is 17.4. The maximum absolute atomic E-state index is 13.3. The van der Waals surface area contributed by atoms with E-state index >= 15 is 0 Å². The predicted molar refractivity (Wildman–Crippen MR) is 132 cm³/mol. The minimum atomic E-state index is -3.99. The van der Waals surface area contributed by atoms with Crippen molar-refractivity contribution in [3.63, 3.8) is 0 Å². The Labute approximate surface area is 196 Å². The van der Waals surface area contributed by atoms with Gasteiger partial charge in [0, 0.05) is 5.69 Å². The molecular weight excluding hydrogens is 458 g/mol. The van der Waals surface area contributed by atoms with Crippen molar-refractivity contribution in [3.8, 4) is 5.75 Å². The van der Waals surface area contributed by atoms with E-state index in [1.165, 1.54) is 30.6 Å². The number of thiazole rings is 1. The second kappa shape index (κ2) is 8.84. The SMILES string of the molecule is COc1ccc(NC(=O)c2cccc3nc(C)sc23)cc1S(=O)(=O)Nc1c(C)cccc1C. The molecule has 1 aromatic heterocycles. The highest BCUT2D eigenvalue weighted by atomic mass is 32.2. The molecule has 170 valence electrons. The minimum absolute atomic E-state index is 0.0719. The summed E-state index contributed by atoms with van der Waals surface area (Å²) < 4.78 is 35.3. The number of aromatic nitrogens is 1. The highest BCUT2D eigenvalue weighted by Crippen LogP contribution is 2.31. The second-order valence-corrected chi connectivity index (χ2v) is 10.4. The number of rotatable bonds is 6. The molecule has 0 bridgehead atoms. The molecule has 0 aliphatic carbocycles. The normalized spacial score (nSPS) is 11.4. The number of aryl methyl sites for hydroxylation is 3. The maximum atomic E-state index is 13.3. The van der Waals surface area contributed by atoms with E-state index in [1.54, 1.807) is 18.2 Å². The summed E-state index contributed by atoms with van der Waals surface area (Å²) in [5.74, 6) is -0.174. The molecule has 0 atom stereocenters. The highest BCUT2D eigenvalue weighted by Gasteiger charge is 2.23. The van der Waals surface area contributed by atoms with Crippen LogP contribution in [0, 0.1) is 20.8 Å². The summed E-state index contributed by atoms with van der Waals surface area (Å²) in [5.41, 5.74) is 3.68. The van der Waals surface area contributed by atoms with E-state index in [9.17, 15) is 13.2 Å². The van der Waals surface area contributed by atoms with Crippen molar-refractivity contribution < 1.29 is 17.9 Å². The van der Waals surface area contributed by atoms with Crippen molar-refractivity contribution in [1.82, 2.24) is 4.98 Å². The van der Waals surface area contributed by atoms with E-state index in [2.05, 4.69) is 15.0 Å². The standard InChI is InChI=1S/C24H23N3O4S2/c1-14-7-5-8-15(2)22(14)27-33(29,30)21-13-17(11-12-20(21)31-4)26-24(28)18-9-6-10-19-23(18)32-16(3)25-19/h5-13,27H,1-4H3,(H,26,28). The lowest BCUT2D eigenvalue weighted by Gasteiger charge is -2.16. The van der Waals surface area contributed by atoms with Crippen LogP contribution < -0.4 is 14.8 Å². The molecule has 7 nitrogen and oxygen atoms in total. The Kier molecular flexibility index (Phi) is 6.09. The van der Waals surface area contributed by atoms with Crippen molar-refractivity contribution in [2.75, 3.05) is 17.1 Å². The quantitative estimate of drug-likeness (QED) is 0.390. The first kappa shape index (κ1) is 22.8. The van der Waals surface area contributed by atoms with E-state index < -0.39 is 10.0 Å². The number of carbonyl (C=O) groups is 1. The first-order chi connectivity index (χ1) is 15.7. The third kappa shape index (κ3) is 4.55. The lowest BCUT2D eigenvalue weighted by molar-refractivity contribution is 0.102. The van der Waals surface area contributed by atoms with Crippen molar-refractivity contribution in [1.29, 1.82) is 0 Å². The van der Waals surface area contributed by atoms with Gasteiger partial charge in [0.2, 0.25) is 0 Å². The number of carbonyl (C=O) groups excluding carboxylic acids is 1. The van der Waals surface area contributed by atoms with Crippen LogP contribution in [0.1, 0.15) is 26.5 Å². The van der Waals surface area contributed by atoms with Gasteiger partial charge in [-0.05, 0) is 62.2 Å². The van der Waals surface area contributed by atoms with Gasteiger partial charge in [0.15, 0.2) is 0 Å². The summed E-state index contributed by atoms with van der Waals surface area (Å²) in [6.45, 7) is 5.55. The number of nitrogens with one attached hydrogen (secondary N) is 2.